The Balaban J connectivity index is 1.82. The Morgan fingerprint density at radius 2 is 1.92 bits per heavy atom. The third-order valence-electron chi connectivity index (χ3n) is 3.06. The number of hydrogen-bond donors (Lipinski definition) is 2. The maximum atomic E-state index is 11.8. The monoisotopic (exact) mass is 360 g/mol. The van der Waals surface area contributed by atoms with E-state index in [1.165, 1.54) is 12.1 Å². The van der Waals surface area contributed by atoms with E-state index >= 15 is 0 Å². The number of carbonyl (C=O) groups excluding carboxylic acids is 3. The Bertz CT molecular complexity index is 796. The number of nitrogens with two attached hydrogens (primary N) is 1. The summed E-state index contributed by atoms with van der Waals surface area (Å²) in [5.74, 6) is -1.15. The van der Waals surface area contributed by atoms with Crippen LogP contribution in [0.25, 0.3) is 6.08 Å². The van der Waals surface area contributed by atoms with Gasteiger partial charge in [0.2, 0.25) is 0 Å². The van der Waals surface area contributed by atoms with E-state index in [9.17, 15) is 14.4 Å². The average molecular weight is 360 g/mol. The fourth-order valence-electron chi connectivity index (χ4n) is 1.83. The maximum absolute atomic E-state index is 11.8. The molecular formula is C17H16N2O5S. The van der Waals surface area contributed by atoms with Crippen LogP contribution in [0.3, 0.4) is 0 Å². The van der Waals surface area contributed by atoms with Crippen molar-refractivity contribution in [3.63, 3.8) is 0 Å². The summed E-state index contributed by atoms with van der Waals surface area (Å²) in [6.07, 6.45) is 2.78. The number of amides is 2. The van der Waals surface area contributed by atoms with Crippen molar-refractivity contribution in [3.05, 3.63) is 52.9 Å². The Morgan fingerprint density at radius 3 is 2.56 bits per heavy atom. The highest BCUT2D eigenvalue weighted by molar-refractivity contribution is 7.14. The first-order chi connectivity index (χ1) is 12.0. The van der Waals surface area contributed by atoms with E-state index in [0.717, 1.165) is 16.9 Å². The Labute approximate surface area is 148 Å². The van der Waals surface area contributed by atoms with Crippen LogP contribution in [0, 0.1) is 0 Å². The van der Waals surface area contributed by atoms with Crippen molar-refractivity contribution < 1.29 is 23.9 Å². The van der Waals surface area contributed by atoms with E-state index in [-0.39, 0.29) is 5.56 Å². The minimum absolute atomic E-state index is 0.212. The zero-order chi connectivity index (χ0) is 18.2. The number of carbonyl (C=O) groups is 3. The third-order valence-corrected chi connectivity index (χ3v) is 3.89. The summed E-state index contributed by atoms with van der Waals surface area (Å²) in [5, 5.41) is 4.42. The van der Waals surface area contributed by atoms with Crippen molar-refractivity contribution in [1.82, 2.24) is 0 Å². The van der Waals surface area contributed by atoms with Crippen LogP contribution in [0.4, 0.5) is 5.00 Å². The number of rotatable bonds is 7. The second-order valence-corrected chi connectivity index (χ2v) is 5.71. The van der Waals surface area contributed by atoms with Gasteiger partial charge in [-0.1, -0.05) is 12.1 Å². The zero-order valence-electron chi connectivity index (χ0n) is 13.4. The van der Waals surface area contributed by atoms with Crippen molar-refractivity contribution in [2.75, 3.05) is 19.0 Å². The Hall–Kier alpha value is -3.13. The summed E-state index contributed by atoms with van der Waals surface area (Å²) >= 11 is 1.15. The maximum Gasteiger partial charge on any atom is 0.331 e. The van der Waals surface area contributed by atoms with Gasteiger partial charge in [0.05, 0.1) is 12.7 Å². The second kappa shape index (κ2) is 8.65. The van der Waals surface area contributed by atoms with Crippen LogP contribution in [0.2, 0.25) is 0 Å². The van der Waals surface area contributed by atoms with Crippen LogP contribution < -0.4 is 15.8 Å². The third kappa shape index (κ3) is 5.47. The second-order valence-electron chi connectivity index (χ2n) is 4.79. The zero-order valence-corrected chi connectivity index (χ0v) is 14.2. The molecule has 0 unspecified atom stereocenters. The molecule has 1 aromatic heterocycles. The molecule has 2 aromatic rings. The first-order valence-corrected chi connectivity index (χ1v) is 8.03. The van der Waals surface area contributed by atoms with Gasteiger partial charge in [-0.3, -0.25) is 9.59 Å². The lowest BCUT2D eigenvalue weighted by Crippen LogP contribution is -2.21. The van der Waals surface area contributed by atoms with Gasteiger partial charge in [0.1, 0.15) is 10.8 Å². The van der Waals surface area contributed by atoms with Gasteiger partial charge in [-0.25, -0.2) is 4.79 Å². The largest absolute Gasteiger partial charge is 0.497 e. The summed E-state index contributed by atoms with van der Waals surface area (Å²) in [6, 6.07) is 8.58. The average Bonchev–Trinajstić information content (AvgIpc) is 3.07. The van der Waals surface area contributed by atoms with Gasteiger partial charge in [-0.05, 0) is 35.2 Å². The molecule has 0 atom stereocenters. The molecule has 0 fully saturated rings. The predicted molar refractivity (Wildman–Crippen MR) is 94.5 cm³/mol. The molecule has 0 saturated carbocycles. The molecule has 2 rings (SSSR count). The molecule has 0 saturated heterocycles. The number of benzene rings is 1. The van der Waals surface area contributed by atoms with Gasteiger partial charge in [0, 0.05) is 6.08 Å². The summed E-state index contributed by atoms with van der Waals surface area (Å²) in [6.45, 7) is -0.470. The molecule has 0 aliphatic heterocycles. The van der Waals surface area contributed by atoms with E-state index < -0.39 is 24.4 Å². The number of methoxy groups -OCH3 is 1. The minimum Gasteiger partial charge on any atom is -0.497 e. The van der Waals surface area contributed by atoms with Crippen molar-refractivity contribution >= 4 is 40.2 Å². The topological polar surface area (TPSA) is 108 Å². The number of ether oxygens (including phenoxy) is 2. The van der Waals surface area contributed by atoms with E-state index in [1.54, 1.807) is 42.8 Å². The first kappa shape index (κ1) is 18.2. The van der Waals surface area contributed by atoms with Crippen LogP contribution in [0.5, 0.6) is 5.75 Å². The lowest BCUT2D eigenvalue weighted by Gasteiger charge is -2.04. The predicted octanol–water partition coefficient (Wildman–Crippen LogP) is 2.05. The molecule has 0 aliphatic rings. The molecule has 0 spiro atoms. The molecule has 2 amide bonds. The fourth-order valence-corrected chi connectivity index (χ4v) is 2.64. The van der Waals surface area contributed by atoms with Crippen LogP contribution in [0.15, 0.2) is 41.8 Å². The lowest BCUT2D eigenvalue weighted by atomic mass is 10.2. The Morgan fingerprint density at radius 1 is 1.20 bits per heavy atom. The van der Waals surface area contributed by atoms with E-state index in [2.05, 4.69) is 5.32 Å². The Kier molecular flexibility index (Phi) is 6.30. The smallest absolute Gasteiger partial charge is 0.331 e. The molecule has 0 bridgehead atoms. The van der Waals surface area contributed by atoms with Crippen molar-refractivity contribution in [1.29, 1.82) is 0 Å². The molecule has 0 aliphatic carbocycles. The molecule has 130 valence electrons. The van der Waals surface area contributed by atoms with Crippen LogP contribution in [-0.4, -0.2) is 31.5 Å². The van der Waals surface area contributed by atoms with Gasteiger partial charge >= 0.3 is 5.97 Å². The van der Waals surface area contributed by atoms with Crippen LogP contribution >= 0.6 is 11.3 Å². The standard InChI is InChI=1S/C17H16N2O5S/c1-23-12-5-2-11(3-6-12)4-7-15(21)24-10-14(20)19-17-13(16(18)22)8-9-25-17/h2-9H,10H2,1H3,(H2,18,22)(H,19,20)/b7-4+. The van der Waals surface area contributed by atoms with Crippen LogP contribution in [0.1, 0.15) is 15.9 Å². The van der Waals surface area contributed by atoms with Gasteiger partial charge in [-0.2, -0.15) is 0 Å². The molecule has 0 radical (unpaired) electrons. The highest BCUT2D eigenvalue weighted by Crippen LogP contribution is 2.22. The number of thiophene rings is 1. The highest BCUT2D eigenvalue weighted by atomic mass is 32.1. The summed E-state index contributed by atoms with van der Waals surface area (Å²) < 4.78 is 9.88. The SMILES string of the molecule is COc1ccc(/C=C/C(=O)OCC(=O)Nc2sccc2C(N)=O)cc1. The molecule has 1 heterocycles. The highest BCUT2D eigenvalue weighted by Gasteiger charge is 2.13. The molecule has 1 aromatic carbocycles. The fraction of sp³-hybridized carbons (Fsp3) is 0.118. The quantitative estimate of drug-likeness (QED) is 0.580. The van der Waals surface area contributed by atoms with Crippen molar-refractivity contribution in [3.8, 4) is 5.75 Å². The van der Waals surface area contributed by atoms with Gasteiger partial charge in [-0.15, -0.1) is 11.3 Å². The number of nitrogens with one attached hydrogen (secondary N) is 1. The van der Waals surface area contributed by atoms with E-state index in [1.807, 2.05) is 0 Å². The number of anilines is 1. The number of primary amides is 1. The summed E-state index contributed by atoms with van der Waals surface area (Å²) in [5.41, 5.74) is 6.18. The van der Waals surface area contributed by atoms with Crippen LogP contribution in [-0.2, 0) is 14.3 Å². The molecular weight excluding hydrogens is 344 g/mol. The van der Waals surface area contributed by atoms with Crippen molar-refractivity contribution in [2.24, 2.45) is 5.73 Å². The van der Waals surface area contributed by atoms with E-state index in [0.29, 0.717) is 10.8 Å². The first-order valence-electron chi connectivity index (χ1n) is 7.15. The lowest BCUT2D eigenvalue weighted by molar-refractivity contribution is -0.142. The number of hydrogen-bond acceptors (Lipinski definition) is 6. The summed E-state index contributed by atoms with van der Waals surface area (Å²) in [7, 11) is 1.57. The molecule has 7 nitrogen and oxygen atoms in total. The van der Waals surface area contributed by atoms with Gasteiger partial charge in [0.15, 0.2) is 6.61 Å². The molecule has 25 heavy (non-hydrogen) atoms. The molecule has 3 N–H and O–H groups in total. The van der Waals surface area contributed by atoms with Gasteiger partial charge < -0.3 is 20.5 Å². The molecule has 8 heteroatoms. The van der Waals surface area contributed by atoms with Gasteiger partial charge in [0.25, 0.3) is 11.8 Å². The minimum atomic E-state index is -0.660. The normalized spacial score (nSPS) is 10.4. The number of esters is 1. The van der Waals surface area contributed by atoms with Crippen molar-refractivity contribution in [2.45, 2.75) is 0 Å². The van der Waals surface area contributed by atoms with E-state index in [4.69, 9.17) is 15.2 Å². The summed E-state index contributed by atoms with van der Waals surface area (Å²) in [4.78, 5) is 34.6.